The van der Waals surface area contributed by atoms with Gasteiger partial charge in [0, 0.05) is 0 Å². The summed E-state index contributed by atoms with van der Waals surface area (Å²) in [6.07, 6.45) is 3.92. The molecule has 1 N–H and O–H groups in total. The monoisotopic (exact) mass is 325 g/mol. The number of aliphatic hydroxyl groups excluding tert-OH is 1. The van der Waals surface area contributed by atoms with Gasteiger partial charge in [-0.15, -0.1) is 5.11 Å². The maximum atomic E-state index is 11.9. The molecule has 0 aliphatic rings. The number of esters is 1. The Labute approximate surface area is 133 Å². The third-order valence-corrected chi connectivity index (χ3v) is 3.36. The summed E-state index contributed by atoms with van der Waals surface area (Å²) in [7, 11) is 1.50. The number of methoxy groups -OCH3 is 1. The van der Waals surface area contributed by atoms with Gasteiger partial charge in [0.05, 0.1) is 31.9 Å². The lowest BCUT2D eigenvalue weighted by Gasteiger charge is -2.04. The van der Waals surface area contributed by atoms with Crippen molar-refractivity contribution < 1.29 is 19.4 Å². The van der Waals surface area contributed by atoms with E-state index in [1.807, 2.05) is 12.5 Å². The highest BCUT2D eigenvalue weighted by Gasteiger charge is 2.20. The second-order valence-corrected chi connectivity index (χ2v) is 6.80. The van der Waals surface area contributed by atoms with E-state index in [0.29, 0.717) is 17.2 Å². The van der Waals surface area contributed by atoms with Crippen LogP contribution in [0.4, 0.5) is 5.69 Å². The first-order valence-corrected chi connectivity index (χ1v) is 8.88. The quantitative estimate of drug-likeness (QED) is 0.275. The van der Waals surface area contributed by atoms with E-state index in [0.717, 1.165) is 0 Å². The Hall–Kier alpha value is -2.02. The van der Waals surface area contributed by atoms with Crippen LogP contribution in [0.1, 0.15) is 6.92 Å². The summed E-state index contributed by atoms with van der Waals surface area (Å²) in [6, 6.07) is 6.87. The van der Waals surface area contributed by atoms with Crippen LogP contribution in [0.3, 0.4) is 0 Å². The van der Waals surface area contributed by atoms with Crippen LogP contribution in [0.2, 0.25) is 0 Å². The molecule has 6 nitrogen and oxygen atoms in total. The molecule has 0 radical (unpaired) electrons. The van der Waals surface area contributed by atoms with Gasteiger partial charge < -0.3 is 14.6 Å². The number of benzene rings is 1. The van der Waals surface area contributed by atoms with Gasteiger partial charge >= 0.3 is 5.97 Å². The minimum absolute atomic E-state index is 0.0730. The molecule has 0 atom stereocenters. The van der Waals surface area contributed by atoms with E-state index in [1.165, 1.54) is 0 Å². The lowest BCUT2D eigenvalue weighted by molar-refractivity contribution is -0.138. The third-order valence-electron chi connectivity index (χ3n) is 2.51. The predicted molar refractivity (Wildman–Crippen MR) is 87.9 cm³/mol. The topological polar surface area (TPSA) is 80.5 Å². The molecule has 0 bridgehead atoms. The zero-order valence-electron chi connectivity index (χ0n) is 13.2. The van der Waals surface area contributed by atoms with Crippen molar-refractivity contribution in [1.29, 1.82) is 0 Å². The summed E-state index contributed by atoms with van der Waals surface area (Å²) < 4.78 is 9.96. The Balaban J connectivity index is 3.00. The number of nitrogens with zero attached hydrogens (tertiary/aromatic N) is 2. The molecule has 7 heteroatoms. The van der Waals surface area contributed by atoms with Crippen LogP contribution in [0, 0.1) is 0 Å². The highest BCUT2D eigenvalue weighted by molar-refractivity contribution is 7.95. The Morgan fingerprint density at radius 2 is 1.91 bits per heavy atom. The molecule has 0 aromatic heterocycles. The highest BCUT2D eigenvalue weighted by Crippen LogP contribution is 2.20. The van der Waals surface area contributed by atoms with Crippen molar-refractivity contribution in [2.45, 2.75) is 6.92 Å². The van der Waals surface area contributed by atoms with E-state index in [4.69, 9.17) is 9.47 Å². The van der Waals surface area contributed by atoms with Crippen LogP contribution in [0.25, 0.3) is 0 Å². The lowest BCUT2D eigenvalue weighted by Crippen LogP contribution is -2.13. The Morgan fingerprint density at radius 3 is 2.41 bits per heavy atom. The molecular formula is C15H21N2O4S+. The molecule has 120 valence electrons. The summed E-state index contributed by atoms with van der Waals surface area (Å²) in [5.74, 6) is 0.270. The molecule has 0 saturated carbocycles. The minimum atomic E-state index is -0.678. The smallest absolute Gasteiger partial charge is 0.362 e. The molecule has 0 fully saturated rings. The second kappa shape index (κ2) is 9.09. The van der Waals surface area contributed by atoms with Gasteiger partial charge in [0.2, 0.25) is 5.70 Å². The Bertz CT molecular complexity index is 553. The maximum Gasteiger partial charge on any atom is 0.362 e. The predicted octanol–water partition coefficient (Wildman–Crippen LogP) is 2.99. The summed E-state index contributed by atoms with van der Waals surface area (Å²) in [4.78, 5) is 11.9. The number of hydrogen-bond donors (Lipinski definition) is 1. The molecule has 1 aromatic carbocycles. The molecule has 0 saturated heterocycles. The number of ether oxygens (including phenoxy) is 2. The molecule has 1 rings (SSSR count). The zero-order chi connectivity index (χ0) is 16.5. The number of carbonyl (C=O) groups excluding carboxylic acids is 1. The molecule has 22 heavy (non-hydrogen) atoms. The van der Waals surface area contributed by atoms with Crippen molar-refractivity contribution in [2.24, 2.45) is 10.2 Å². The Kier molecular flexibility index (Phi) is 7.45. The number of rotatable bonds is 7. The molecule has 0 heterocycles. The third kappa shape index (κ3) is 5.77. The molecule has 0 spiro atoms. The fourth-order valence-electron chi connectivity index (χ4n) is 1.51. The Morgan fingerprint density at radius 1 is 1.27 bits per heavy atom. The van der Waals surface area contributed by atoms with Gasteiger partial charge in [-0.3, -0.25) is 0 Å². The number of carbonyl (C=O) groups is 1. The van der Waals surface area contributed by atoms with Crippen LogP contribution < -0.4 is 4.74 Å². The van der Waals surface area contributed by atoms with Crippen LogP contribution in [0.15, 0.2) is 46.0 Å². The fraction of sp³-hybridized carbons (Fsp3) is 0.400. The first-order valence-electron chi connectivity index (χ1n) is 6.67. The van der Waals surface area contributed by atoms with Crippen LogP contribution in [0.5, 0.6) is 5.75 Å². The van der Waals surface area contributed by atoms with E-state index in [1.54, 1.807) is 38.3 Å². The van der Waals surface area contributed by atoms with Crippen LogP contribution >= 0.6 is 0 Å². The fourth-order valence-corrected chi connectivity index (χ4v) is 2.20. The molecule has 0 aliphatic carbocycles. The summed E-state index contributed by atoms with van der Waals surface area (Å²) in [6.45, 7) is 1.90. The number of aliphatic hydroxyl groups is 1. The van der Waals surface area contributed by atoms with E-state index in [2.05, 4.69) is 10.2 Å². The van der Waals surface area contributed by atoms with E-state index in [-0.39, 0.29) is 29.0 Å². The second-order valence-electron chi connectivity index (χ2n) is 4.54. The molecule has 1 aromatic rings. The molecule has 0 aliphatic heterocycles. The SMILES string of the molecule is CCOC(=O)/C(N=Nc1ccc(OC)cc1)=C(\O)C[S+](C)C. The maximum absolute atomic E-state index is 11.9. The van der Waals surface area contributed by atoms with Crippen molar-refractivity contribution in [3.8, 4) is 5.75 Å². The lowest BCUT2D eigenvalue weighted by atomic mass is 10.3. The minimum Gasteiger partial charge on any atom is -0.505 e. The van der Waals surface area contributed by atoms with Crippen molar-refractivity contribution in [1.82, 2.24) is 0 Å². The standard InChI is InChI=1S/C15H20N2O4S/c1-5-21-15(19)14(13(18)10-22(3)4)17-16-11-6-8-12(20-2)9-7-11/h6-9H,5,10H2,1-4H3/p+1. The summed E-state index contributed by atoms with van der Waals surface area (Å²) in [5.41, 5.74) is 0.390. The first kappa shape index (κ1) is 18.0. The van der Waals surface area contributed by atoms with Gasteiger partial charge in [-0.05, 0) is 42.1 Å². The average Bonchev–Trinajstić information content (AvgIpc) is 2.47. The van der Waals surface area contributed by atoms with Crippen LogP contribution in [-0.4, -0.2) is 43.1 Å². The zero-order valence-corrected chi connectivity index (χ0v) is 14.0. The highest BCUT2D eigenvalue weighted by atomic mass is 32.2. The summed E-state index contributed by atoms with van der Waals surface area (Å²) in [5, 5.41) is 17.9. The average molecular weight is 325 g/mol. The van der Waals surface area contributed by atoms with E-state index < -0.39 is 5.97 Å². The van der Waals surface area contributed by atoms with E-state index in [9.17, 15) is 9.90 Å². The van der Waals surface area contributed by atoms with Crippen molar-refractivity contribution >= 4 is 22.6 Å². The van der Waals surface area contributed by atoms with Gasteiger partial charge in [0.25, 0.3) is 0 Å². The van der Waals surface area contributed by atoms with Crippen molar-refractivity contribution in [2.75, 3.05) is 32.0 Å². The van der Waals surface area contributed by atoms with Crippen molar-refractivity contribution in [3.63, 3.8) is 0 Å². The van der Waals surface area contributed by atoms with Gasteiger partial charge in [-0.25, -0.2) is 4.79 Å². The van der Waals surface area contributed by atoms with Gasteiger partial charge in [0.1, 0.15) is 5.75 Å². The van der Waals surface area contributed by atoms with Gasteiger partial charge in [-0.2, -0.15) is 5.11 Å². The van der Waals surface area contributed by atoms with Gasteiger partial charge in [0.15, 0.2) is 11.5 Å². The first-order chi connectivity index (χ1) is 10.5. The summed E-state index contributed by atoms with van der Waals surface area (Å²) >= 11 is 0. The van der Waals surface area contributed by atoms with Crippen LogP contribution in [-0.2, 0) is 20.4 Å². The molecule has 0 amide bonds. The van der Waals surface area contributed by atoms with Crippen molar-refractivity contribution in [3.05, 3.63) is 35.7 Å². The number of hydrogen-bond acceptors (Lipinski definition) is 6. The molecular weight excluding hydrogens is 304 g/mol. The number of azo groups is 1. The normalized spacial score (nSPS) is 12.4. The largest absolute Gasteiger partial charge is 0.505 e. The van der Waals surface area contributed by atoms with E-state index >= 15 is 0 Å². The van der Waals surface area contributed by atoms with Gasteiger partial charge in [-0.1, -0.05) is 0 Å². The molecule has 0 unspecified atom stereocenters.